The first-order chi connectivity index (χ1) is 28.3. The number of rotatable bonds is 24. The highest BCUT2D eigenvalue weighted by atomic mass is 32.2. The summed E-state index contributed by atoms with van der Waals surface area (Å²) in [5, 5.41) is 10.4. The predicted molar refractivity (Wildman–Crippen MR) is 226 cm³/mol. The average molecular weight is 876 g/mol. The van der Waals surface area contributed by atoms with Gasteiger partial charge in [-0.1, -0.05) is 32.9 Å². The minimum Gasteiger partial charge on any atom is -0.748 e. The van der Waals surface area contributed by atoms with Crippen molar-refractivity contribution in [2.24, 2.45) is 0 Å². The number of aliphatic carboxylic acids is 1. The van der Waals surface area contributed by atoms with Crippen LogP contribution in [-0.2, 0) is 54.8 Å². The predicted octanol–water partition coefficient (Wildman–Crippen LogP) is 4.94. The molecule has 0 amide bonds. The molecular weight excluding hydrogens is 817 g/mol. The van der Waals surface area contributed by atoms with Crippen LogP contribution in [-0.4, -0.2) is 116 Å². The SMILES string of the molecule is CCOCCOCC[N+](CCOCCOC)=c1ccc2c(/C=C/C=C3\N(CCCS(=O)(=O)[O-])c4ccc(S(=O)(=O)[O-])cc4C3(C)CCCC(=O)O)cc(C(C)(C)C)oc-2c1. The van der Waals surface area contributed by atoms with Crippen LogP contribution in [0.1, 0.15) is 77.2 Å². The number of hydrogen-bond acceptors (Lipinski definition) is 13. The minimum absolute atomic E-state index is 0.0308. The van der Waals surface area contributed by atoms with E-state index in [-0.39, 0.29) is 37.6 Å². The first-order valence-electron chi connectivity index (χ1n) is 20.1. The maximum absolute atomic E-state index is 12.2. The van der Waals surface area contributed by atoms with E-state index in [4.69, 9.17) is 23.4 Å². The fourth-order valence-corrected chi connectivity index (χ4v) is 8.14. The number of hydrogen-bond donors (Lipinski definition) is 1. The standard InChI is InChI=1S/C43H60N2O13S2/c1-7-55-26-27-57-23-21-44(20-22-56-25-24-54-6)33-14-16-35-32(29-40(42(2,3)4)58-38(35)30-33)11-8-12-39-43(5,18-9-13-41(46)47)36-31-34(60(51,52)53)15-17-37(36)45(39)19-10-28-59(48,49)50/h8,11-12,14-17,29-31H,7,9-10,13,18-28H2,1-6H3,(H2-,46,47,48,49,50,51,52,53)/p-1. The molecule has 2 heterocycles. The van der Waals surface area contributed by atoms with Crippen molar-refractivity contribution in [3.63, 3.8) is 0 Å². The monoisotopic (exact) mass is 875 g/mol. The van der Waals surface area contributed by atoms with Crippen LogP contribution in [0.3, 0.4) is 0 Å². The molecule has 0 aromatic heterocycles. The Balaban J connectivity index is 1.84. The van der Waals surface area contributed by atoms with E-state index in [1.807, 2.05) is 61.2 Å². The maximum atomic E-state index is 12.2. The third-order valence-corrected chi connectivity index (χ3v) is 11.9. The van der Waals surface area contributed by atoms with Crippen molar-refractivity contribution in [3.05, 3.63) is 82.6 Å². The zero-order valence-corrected chi connectivity index (χ0v) is 37.1. The first kappa shape index (κ1) is 48.7. The smallest absolute Gasteiger partial charge is 0.303 e. The summed E-state index contributed by atoms with van der Waals surface area (Å²) in [7, 11) is -7.75. The second-order valence-corrected chi connectivity index (χ2v) is 18.7. The highest BCUT2D eigenvalue weighted by Gasteiger charge is 2.43. The Hall–Kier alpha value is -3.94. The molecule has 0 bridgehead atoms. The van der Waals surface area contributed by atoms with Crippen LogP contribution in [0.2, 0.25) is 0 Å². The Labute approximate surface area is 354 Å². The summed E-state index contributed by atoms with van der Waals surface area (Å²) < 4.78 is 102. The van der Waals surface area contributed by atoms with E-state index < -0.39 is 42.3 Å². The molecule has 0 saturated carbocycles. The minimum atomic E-state index is -4.85. The van der Waals surface area contributed by atoms with Crippen molar-refractivity contribution in [1.82, 2.24) is 4.58 Å². The number of benzene rings is 2. The molecule has 0 fully saturated rings. The largest absolute Gasteiger partial charge is 0.748 e. The van der Waals surface area contributed by atoms with Gasteiger partial charge in [0.1, 0.15) is 34.9 Å². The van der Waals surface area contributed by atoms with Crippen LogP contribution in [0.25, 0.3) is 17.4 Å². The lowest BCUT2D eigenvalue weighted by molar-refractivity contribution is -0.137. The number of nitrogens with zero attached hydrogens (tertiary/aromatic N) is 2. The van der Waals surface area contributed by atoms with Gasteiger partial charge in [-0.2, -0.15) is 0 Å². The summed E-state index contributed by atoms with van der Waals surface area (Å²) >= 11 is 0. The number of carboxylic acids is 1. The van der Waals surface area contributed by atoms with E-state index in [0.717, 1.165) is 22.2 Å². The van der Waals surface area contributed by atoms with Gasteiger partial charge in [0.2, 0.25) is 5.36 Å². The van der Waals surface area contributed by atoms with Crippen LogP contribution in [0.15, 0.2) is 69.6 Å². The molecule has 1 aliphatic carbocycles. The van der Waals surface area contributed by atoms with Crippen LogP contribution in [0.4, 0.5) is 5.69 Å². The van der Waals surface area contributed by atoms with Gasteiger partial charge in [-0.25, -0.2) is 21.4 Å². The summed E-state index contributed by atoms with van der Waals surface area (Å²) in [5.41, 5.74) is 1.94. The zero-order chi connectivity index (χ0) is 44.1. The number of carboxylic acid groups (broad SMARTS) is 1. The molecule has 0 spiro atoms. The Morgan fingerprint density at radius 2 is 1.62 bits per heavy atom. The average Bonchev–Trinajstić information content (AvgIpc) is 3.39. The van der Waals surface area contributed by atoms with Gasteiger partial charge in [-0.15, -0.1) is 0 Å². The molecule has 1 N–H and O–H groups in total. The highest BCUT2D eigenvalue weighted by molar-refractivity contribution is 7.86. The van der Waals surface area contributed by atoms with Crippen molar-refractivity contribution in [3.8, 4) is 11.3 Å². The van der Waals surface area contributed by atoms with Crippen molar-refractivity contribution in [1.29, 1.82) is 0 Å². The fraction of sp³-hybridized carbons (Fsp3) is 0.535. The number of carbonyl (C=O) groups is 1. The van der Waals surface area contributed by atoms with Crippen LogP contribution in [0.5, 0.6) is 0 Å². The lowest BCUT2D eigenvalue weighted by atomic mass is 9.77. The van der Waals surface area contributed by atoms with Crippen LogP contribution in [0, 0.1) is 0 Å². The van der Waals surface area contributed by atoms with Gasteiger partial charge in [0.05, 0.1) is 47.5 Å². The Kier molecular flexibility index (Phi) is 17.6. The van der Waals surface area contributed by atoms with Gasteiger partial charge in [0.15, 0.2) is 13.1 Å². The molecule has 1 atom stereocenters. The first-order valence-corrected chi connectivity index (χ1v) is 23.1. The molecular formula is C43H59N2O13S2-. The molecule has 1 aromatic rings. The topological polar surface area (TPSA) is 208 Å². The molecule has 60 heavy (non-hydrogen) atoms. The van der Waals surface area contributed by atoms with Gasteiger partial charge in [0, 0.05) is 66.3 Å². The van der Waals surface area contributed by atoms with Gasteiger partial charge in [-0.05, 0) is 80.6 Å². The molecule has 2 aliphatic heterocycles. The zero-order valence-electron chi connectivity index (χ0n) is 35.4. The molecule has 15 nitrogen and oxygen atoms in total. The van der Waals surface area contributed by atoms with Crippen molar-refractivity contribution in [2.75, 3.05) is 83.6 Å². The van der Waals surface area contributed by atoms with Crippen molar-refractivity contribution in [2.45, 2.75) is 76.0 Å². The third kappa shape index (κ3) is 13.8. The Bertz CT molecular complexity index is 2240. The fourth-order valence-electron chi connectivity index (χ4n) is 7.16. The molecule has 332 valence electrons. The van der Waals surface area contributed by atoms with E-state index in [0.29, 0.717) is 82.0 Å². The number of fused-ring (bicyclic) bond motifs is 2. The van der Waals surface area contributed by atoms with E-state index >= 15 is 0 Å². The number of anilines is 1. The molecule has 0 radical (unpaired) electrons. The molecule has 17 heteroatoms. The summed E-state index contributed by atoms with van der Waals surface area (Å²) in [6, 6.07) is 12.0. The molecule has 3 aliphatic rings. The molecule has 1 unspecified atom stereocenters. The van der Waals surface area contributed by atoms with E-state index in [2.05, 4.69) is 25.3 Å². The van der Waals surface area contributed by atoms with E-state index in [1.54, 1.807) is 7.11 Å². The molecule has 0 saturated heterocycles. The second kappa shape index (κ2) is 21.7. The van der Waals surface area contributed by atoms with Gasteiger partial charge >= 0.3 is 5.97 Å². The lowest BCUT2D eigenvalue weighted by Gasteiger charge is -2.30. The molecule has 1 aromatic carbocycles. The highest BCUT2D eigenvalue weighted by Crippen LogP contribution is 2.51. The Morgan fingerprint density at radius 1 is 0.933 bits per heavy atom. The number of methoxy groups -OCH3 is 1. The summed E-state index contributed by atoms with van der Waals surface area (Å²) in [5.74, 6) is -0.250. The maximum Gasteiger partial charge on any atom is 0.303 e. The quantitative estimate of drug-likeness (QED) is 0.0719. The third-order valence-electron chi connectivity index (χ3n) is 10.3. The number of allylic oxidation sites excluding steroid dienone is 3. The van der Waals surface area contributed by atoms with Gasteiger partial charge < -0.3 is 42.5 Å². The normalized spacial score (nSPS) is 17.3. The Morgan fingerprint density at radius 3 is 2.23 bits per heavy atom. The van der Waals surface area contributed by atoms with E-state index in [9.17, 15) is 35.8 Å². The van der Waals surface area contributed by atoms with Crippen LogP contribution >= 0.6 is 0 Å². The summed E-state index contributed by atoms with van der Waals surface area (Å²) in [6.45, 7) is 14.7. The van der Waals surface area contributed by atoms with Gasteiger partial charge in [-0.3, -0.25) is 4.79 Å². The lowest BCUT2D eigenvalue weighted by Crippen LogP contribution is -2.36. The summed E-state index contributed by atoms with van der Waals surface area (Å²) in [4.78, 5) is 13.0. The van der Waals surface area contributed by atoms with Crippen molar-refractivity contribution >= 4 is 38.0 Å². The molecule has 4 rings (SSSR count). The van der Waals surface area contributed by atoms with Crippen LogP contribution < -0.4 is 14.8 Å². The van der Waals surface area contributed by atoms with E-state index in [1.165, 1.54) is 18.2 Å². The second-order valence-electron chi connectivity index (χ2n) is 15.8. The number of ether oxygens (including phenoxy) is 4. The van der Waals surface area contributed by atoms with Gasteiger partial charge in [0.25, 0.3) is 0 Å². The van der Waals surface area contributed by atoms with Crippen molar-refractivity contribution < 1.29 is 59.2 Å². The summed E-state index contributed by atoms with van der Waals surface area (Å²) in [6.07, 6.45) is 5.88.